The van der Waals surface area contributed by atoms with Gasteiger partial charge in [0, 0.05) is 18.2 Å². The van der Waals surface area contributed by atoms with Gasteiger partial charge in [-0.3, -0.25) is 4.79 Å². The van der Waals surface area contributed by atoms with Gasteiger partial charge in [0.2, 0.25) is 10.0 Å². The van der Waals surface area contributed by atoms with Crippen LogP contribution in [0.3, 0.4) is 0 Å². The molecule has 0 spiro atoms. The van der Waals surface area contributed by atoms with E-state index in [1.165, 1.54) is 28.9 Å². The summed E-state index contributed by atoms with van der Waals surface area (Å²) in [6, 6.07) is 14.2. The molecule has 0 amide bonds. The van der Waals surface area contributed by atoms with Crippen LogP contribution in [0.5, 0.6) is 5.75 Å². The molecule has 1 aromatic heterocycles. The Balaban J connectivity index is 1.73. The lowest BCUT2D eigenvalue weighted by atomic mass is 10.1. The van der Waals surface area contributed by atoms with Gasteiger partial charge in [0.1, 0.15) is 5.75 Å². The predicted molar refractivity (Wildman–Crippen MR) is 112 cm³/mol. The lowest BCUT2D eigenvalue weighted by Gasteiger charge is -2.10. The molecule has 1 N–H and O–H groups in total. The molecule has 0 saturated heterocycles. The maximum absolute atomic E-state index is 12.4. The monoisotopic (exact) mass is 453 g/mol. The van der Waals surface area contributed by atoms with E-state index in [9.17, 15) is 13.2 Å². The molecular formula is C19H17Cl2N3O4S. The summed E-state index contributed by atoms with van der Waals surface area (Å²) >= 11 is 11.7. The maximum Gasteiger partial charge on any atom is 0.266 e. The molecule has 0 aliphatic carbocycles. The molecule has 0 bridgehead atoms. The molecule has 0 aliphatic rings. The van der Waals surface area contributed by atoms with Crippen molar-refractivity contribution >= 4 is 33.2 Å². The molecule has 2 aromatic carbocycles. The topological polar surface area (TPSA) is 90.3 Å². The summed E-state index contributed by atoms with van der Waals surface area (Å²) in [6.45, 7) is 0.0327. The third kappa shape index (κ3) is 5.16. The maximum atomic E-state index is 12.4. The molecule has 7 nitrogen and oxygen atoms in total. The number of ether oxygens (including phenoxy) is 1. The summed E-state index contributed by atoms with van der Waals surface area (Å²) in [5, 5.41) is 4.71. The summed E-state index contributed by atoms with van der Waals surface area (Å²) in [6.07, 6.45) is 0. The molecule has 29 heavy (non-hydrogen) atoms. The number of methoxy groups -OCH3 is 1. The zero-order valence-electron chi connectivity index (χ0n) is 15.3. The van der Waals surface area contributed by atoms with Crippen molar-refractivity contribution in [3.05, 3.63) is 75.0 Å². The number of benzene rings is 2. The first-order chi connectivity index (χ1) is 13.8. The van der Waals surface area contributed by atoms with E-state index < -0.39 is 10.0 Å². The van der Waals surface area contributed by atoms with Crippen molar-refractivity contribution in [3.63, 3.8) is 0 Å². The molecule has 10 heteroatoms. The molecule has 0 unspecified atom stereocenters. The highest BCUT2D eigenvalue weighted by Gasteiger charge is 2.15. The van der Waals surface area contributed by atoms with Crippen LogP contribution in [0.2, 0.25) is 10.0 Å². The van der Waals surface area contributed by atoms with Crippen LogP contribution in [0.1, 0.15) is 0 Å². The minimum absolute atomic E-state index is 0.0146. The van der Waals surface area contributed by atoms with E-state index in [1.807, 2.05) is 12.1 Å². The molecule has 0 aliphatic heterocycles. The Hall–Kier alpha value is -2.39. The summed E-state index contributed by atoms with van der Waals surface area (Å²) in [5.41, 5.74) is 1.05. The number of nitrogens with zero attached hydrogens (tertiary/aromatic N) is 2. The Kier molecular flexibility index (Phi) is 6.59. The molecule has 3 aromatic rings. The molecule has 1 heterocycles. The number of nitrogens with one attached hydrogen (secondary N) is 1. The first-order valence-corrected chi connectivity index (χ1v) is 10.7. The van der Waals surface area contributed by atoms with Gasteiger partial charge >= 0.3 is 0 Å². The molecular weight excluding hydrogens is 437 g/mol. The third-order valence-corrected chi connectivity index (χ3v) is 6.27. The fourth-order valence-electron chi connectivity index (χ4n) is 2.54. The van der Waals surface area contributed by atoms with E-state index in [0.29, 0.717) is 11.4 Å². The molecule has 3 rings (SSSR count). The SMILES string of the molecule is COc1ccc(-c2ccc(=O)n(CCNS(=O)(=O)c3ccc(Cl)c(Cl)c3)n2)cc1. The van der Waals surface area contributed by atoms with Gasteiger partial charge in [-0.15, -0.1) is 0 Å². The molecule has 0 saturated carbocycles. The number of hydrogen-bond donors (Lipinski definition) is 1. The molecule has 0 fully saturated rings. The van der Waals surface area contributed by atoms with E-state index in [1.54, 1.807) is 25.3 Å². The summed E-state index contributed by atoms with van der Waals surface area (Å²) < 4.78 is 33.5. The van der Waals surface area contributed by atoms with Crippen LogP contribution < -0.4 is 15.0 Å². The van der Waals surface area contributed by atoms with E-state index >= 15 is 0 Å². The minimum atomic E-state index is -3.80. The fourth-order valence-corrected chi connectivity index (χ4v) is 3.95. The number of sulfonamides is 1. The average Bonchev–Trinajstić information content (AvgIpc) is 2.71. The largest absolute Gasteiger partial charge is 0.497 e. The highest BCUT2D eigenvalue weighted by molar-refractivity contribution is 7.89. The van der Waals surface area contributed by atoms with Crippen LogP contribution >= 0.6 is 23.2 Å². The lowest BCUT2D eigenvalue weighted by molar-refractivity contribution is 0.415. The van der Waals surface area contributed by atoms with E-state index in [-0.39, 0.29) is 33.6 Å². The normalized spacial score (nSPS) is 11.4. The summed E-state index contributed by atoms with van der Waals surface area (Å²) in [4.78, 5) is 12.1. The Morgan fingerprint density at radius 2 is 1.76 bits per heavy atom. The smallest absolute Gasteiger partial charge is 0.266 e. The van der Waals surface area contributed by atoms with Crippen molar-refractivity contribution in [3.8, 4) is 17.0 Å². The Morgan fingerprint density at radius 1 is 1.03 bits per heavy atom. The highest BCUT2D eigenvalue weighted by atomic mass is 35.5. The summed E-state index contributed by atoms with van der Waals surface area (Å²) in [5.74, 6) is 0.707. The predicted octanol–water partition coefficient (Wildman–Crippen LogP) is 3.20. The molecule has 152 valence electrons. The molecule has 0 radical (unpaired) electrons. The van der Waals surface area contributed by atoms with Crippen molar-refractivity contribution in [1.82, 2.24) is 14.5 Å². The van der Waals surface area contributed by atoms with Crippen LogP contribution in [0, 0.1) is 0 Å². The fraction of sp³-hybridized carbons (Fsp3) is 0.158. The van der Waals surface area contributed by atoms with Crippen molar-refractivity contribution in [2.24, 2.45) is 0 Å². The van der Waals surface area contributed by atoms with Crippen molar-refractivity contribution < 1.29 is 13.2 Å². The van der Waals surface area contributed by atoms with Gasteiger partial charge in [-0.25, -0.2) is 17.8 Å². The van der Waals surface area contributed by atoms with Crippen LogP contribution in [0.4, 0.5) is 0 Å². The quantitative estimate of drug-likeness (QED) is 0.592. The van der Waals surface area contributed by atoms with Gasteiger partial charge in [0.25, 0.3) is 5.56 Å². The van der Waals surface area contributed by atoms with Crippen molar-refractivity contribution in [1.29, 1.82) is 0 Å². The zero-order chi connectivity index (χ0) is 21.0. The average molecular weight is 454 g/mol. The van der Waals surface area contributed by atoms with Gasteiger partial charge < -0.3 is 4.74 Å². The zero-order valence-corrected chi connectivity index (χ0v) is 17.6. The van der Waals surface area contributed by atoms with Crippen LogP contribution in [-0.4, -0.2) is 31.9 Å². The van der Waals surface area contributed by atoms with Crippen LogP contribution in [0.25, 0.3) is 11.3 Å². The van der Waals surface area contributed by atoms with Gasteiger partial charge in [-0.2, -0.15) is 5.10 Å². The molecule has 0 atom stereocenters. The lowest BCUT2D eigenvalue weighted by Crippen LogP contribution is -2.32. The highest BCUT2D eigenvalue weighted by Crippen LogP contribution is 2.24. The van der Waals surface area contributed by atoms with Crippen LogP contribution in [-0.2, 0) is 16.6 Å². The van der Waals surface area contributed by atoms with Gasteiger partial charge in [-0.05, 0) is 48.5 Å². The van der Waals surface area contributed by atoms with E-state index in [4.69, 9.17) is 27.9 Å². The second-order valence-corrected chi connectivity index (χ2v) is 8.56. The number of aromatic nitrogens is 2. The first-order valence-electron chi connectivity index (χ1n) is 8.47. The first kappa shape index (κ1) is 21.3. The number of hydrogen-bond acceptors (Lipinski definition) is 5. The van der Waals surface area contributed by atoms with Crippen LogP contribution in [0.15, 0.2) is 64.3 Å². The van der Waals surface area contributed by atoms with Gasteiger partial charge in [0.15, 0.2) is 0 Å². The second-order valence-electron chi connectivity index (χ2n) is 5.98. The van der Waals surface area contributed by atoms with E-state index in [0.717, 1.165) is 5.56 Å². The number of rotatable bonds is 7. The Bertz CT molecular complexity index is 1180. The van der Waals surface area contributed by atoms with E-state index in [2.05, 4.69) is 9.82 Å². The standard InChI is InChI=1S/C19H17Cl2N3O4S/c1-28-14-4-2-13(3-5-14)18-8-9-19(25)24(23-18)11-10-22-29(26,27)15-6-7-16(20)17(21)12-15/h2-9,12,22H,10-11H2,1H3. The summed E-state index contributed by atoms with van der Waals surface area (Å²) in [7, 11) is -2.23. The third-order valence-electron chi connectivity index (χ3n) is 4.07. The Morgan fingerprint density at radius 3 is 2.41 bits per heavy atom. The second kappa shape index (κ2) is 8.96. The number of halogens is 2. The van der Waals surface area contributed by atoms with Crippen molar-refractivity contribution in [2.45, 2.75) is 11.4 Å². The van der Waals surface area contributed by atoms with Gasteiger partial charge in [-0.1, -0.05) is 23.2 Å². The Labute approximate surface area is 177 Å². The minimum Gasteiger partial charge on any atom is -0.497 e. The van der Waals surface area contributed by atoms with Gasteiger partial charge in [0.05, 0.1) is 34.3 Å². The van der Waals surface area contributed by atoms with Crippen molar-refractivity contribution in [2.75, 3.05) is 13.7 Å².